The molecular formula is C35H41FN4O4S2. The smallest absolute Gasteiger partial charge is 0.214 e. The number of sulfonamides is 2. The van der Waals surface area contributed by atoms with Crippen LogP contribution in [0.1, 0.15) is 55.5 Å². The molecule has 11 heteroatoms. The third kappa shape index (κ3) is 8.06. The van der Waals surface area contributed by atoms with Crippen molar-refractivity contribution in [3.8, 4) is 22.3 Å². The predicted molar refractivity (Wildman–Crippen MR) is 181 cm³/mol. The van der Waals surface area contributed by atoms with Gasteiger partial charge >= 0.3 is 0 Å². The average Bonchev–Trinajstić information content (AvgIpc) is 3.58. The highest BCUT2D eigenvalue weighted by Crippen LogP contribution is 2.30. The first-order valence-electron chi connectivity index (χ1n) is 15.5. The van der Waals surface area contributed by atoms with Gasteiger partial charge in [0.2, 0.25) is 20.0 Å². The normalized spacial score (nSPS) is 17.5. The molecule has 2 aliphatic rings. The molecule has 0 amide bonds. The van der Waals surface area contributed by atoms with Crippen LogP contribution in [0.4, 0.5) is 4.39 Å². The van der Waals surface area contributed by atoms with Crippen molar-refractivity contribution >= 4 is 20.0 Å². The number of rotatable bonds is 8. The van der Waals surface area contributed by atoms with Gasteiger partial charge < -0.3 is 0 Å². The summed E-state index contributed by atoms with van der Waals surface area (Å²) in [5, 5.41) is -0.847. The molecule has 0 fully saturated rings. The van der Waals surface area contributed by atoms with E-state index in [1.165, 1.54) is 23.4 Å². The topological polar surface area (TPSA) is 118 Å². The second-order valence-corrected chi connectivity index (χ2v) is 17.3. The van der Waals surface area contributed by atoms with Crippen LogP contribution in [0.3, 0.4) is 0 Å². The lowest BCUT2D eigenvalue weighted by Gasteiger charge is -2.14. The van der Waals surface area contributed by atoms with Gasteiger partial charge in [0.25, 0.3) is 0 Å². The molecule has 2 aliphatic carbocycles. The van der Waals surface area contributed by atoms with E-state index in [4.69, 9.17) is 0 Å². The number of hydrogen-bond acceptors (Lipinski definition) is 6. The molecule has 0 saturated heterocycles. The van der Waals surface area contributed by atoms with E-state index in [1.807, 2.05) is 37.5 Å². The largest absolute Gasteiger partial charge is 0.264 e. The Labute approximate surface area is 272 Å². The Kier molecular flexibility index (Phi) is 10.1. The molecule has 0 radical (unpaired) electrons. The molecule has 2 aromatic heterocycles. The first-order valence-corrected chi connectivity index (χ1v) is 18.6. The van der Waals surface area contributed by atoms with Crippen molar-refractivity contribution in [2.24, 2.45) is 0 Å². The lowest BCUT2D eigenvalue weighted by Crippen LogP contribution is -2.39. The van der Waals surface area contributed by atoms with E-state index in [1.54, 1.807) is 33.9 Å². The standard InChI is InChI=1S/C18H22N2O2S.C17H19FN2O2S/c1-12(2)23(21,22)20-18-8-15-5-4-14(7-16(15)9-18)17-6-13(3)10-19-11-17;1-11(2)23(21,22)20-17-7-13-4-3-12(5-14(13)8-17)15-6-16(18)10-19-9-15/h4-7,10-12,18,20H,8-9H2,1-3H3;3-6,9-11,17,20H,7-8H2,1-2H3/t18-;17-/m00/s1. The summed E-state index contributed by atoms with van der Waals surface area (Å²) in [6.45, 7) is 8.76. The Morgan fingerprint density at radius 2 is 1.04 bits per heavy atom. The van der Waals surface area contributed by atoms with Crippen molar-refractivity contribution in [1.29, 1.82) is 0 Å². The second-order valence-electron chi connectivity index (χ2n) is 12.7. The van der Waals surface area contributed by atoms with E-state index >= 15 is 0 Å². The molecule has 46 heavy (non-hydrogen) atoms. The fourth-order valence-corrected chi connectivity index (χ4v) is 7.59. The first kappa shape index (κ1) is 33.8. The summed E-state index contributed by atoms with van der Waals surface area (Å²) >= 11 is 0. The number of aromatic nitrogens is 2. The Morgan fingerprint density at radius 1 is 0.609 bits per heavy atom. The van der Waals surface area contributed by atoms with Crippen LogP contribution >= 0.6 is 0 Å². The zero-order chi connectivity index (χ0) is 33.2. The van der Waals surface area contributed by atoms with Gasteiger partial charge in [-0.05, 0) is 111 Å². The van der Waals surface area contributed by atoms with E-state index in [-0.39, 0.29) is 17.9 Å². The summed E-state index contributed by atoms with van der Waals surface area (Å²) in [4.78, 5) is 8.12. The molecule has 8 nitrogen and oxygen atoms in total. The molecule has 0 saturated carbocycles. The molecule has 0 unspecified atom stereocenters. The Hall–Kier alpha value is -3.51. The minimum atomic E-state index is -3.28. The van der Waals surface area contributed by atoms with Crippen LogP contribution in [-0.2, 0) is 45.7 Å². The number of pyridine rings is 2. The first-order chi connectivity index (χ1) is 21.7. The highest BCUT2D eigenvalue weighted by atomic mass is 32.2. The highest BCUT2D eigenvalue weighted by Gasteiger charge is 2.28. The number of fused-ring (bicyclic) bond motifs is 2. The monoisotopic (exact) mass is 664 g/mol. The molecule has 0 spiro atoms. The Balaban J connectivity index is 0.000000181. The third-order valence-corrected chi connectivity index (χ3v) is 12.2. The fraction of sp³-hybridized carbons (Fsp3) is 0.371. The Bertz CT molecular complexity index is 1800. The number of hydrogen-bond donors (Lipinski definition) is 2. The molecule has 244 valence electrons. The average molecular weight is 665 g/mol. The molecule has 0 aliphatic heterocycles. The van der Waals surface area contributed by atoms with Crippen molar-refractivity contribution < 1.29 is 21.2 Å². The van der Waals surface area contributed by atoms with Gasteiger partial charge in [0.05, 0.1) is 16.7 Å². The molecule has 2 heterocycles. The Morgan fingerprint density at radius 3 is 1.48 bits per heavy atom. The van der Waals surface area contributed by atoms with Gasteiger partial charge in [-0.1, -0.05) is 36.4 Å². The molecule has 2 atom stereocenters. The van der Waals surface area contributed by atoms with Crippen molar-refractivity contribution in [2.75, 3.05) is 0 Å². The number of nitrogens with one attached hydrogen (secondary N) is 2. The van der Waals surface area contributed by atoms with E-state index in [0.717, 1.165) is 51.8 Å². The lowest BCUT2D eigenvalue weighted by molar-refractivity contribution is 0.546. The van der Waals surface area contributed by atoms with Gasteiger partial charge in [-0.2, -0.15) is 0 Å². The van der Waals surface area contributed by atoms with Gasteiger partial charge in [0.1, 0.15) is 5.82 Å². The van der Waals surface area contributed by atoms with E-state index in [2.05, 4.69) is 43.7 Å². The van der Waals surface area contributed by atoms with Crippen LogP contribution in [-0.4, -0.2) is 49.4 Å². The minimum Gasteiger partial charge on any atom is -0.264 e. The SMILES string of the molecule is CC(C)S(=O)(=O)N[C@H]1Cc2ccc(-c3cncc(F)c3)cc2C1.Cc1cncc(-c2ccc3c(c2)C[C@@H](NS(=O)(=O)C(C)C)C3)c1. The van der Waals surface area contributed by atoms with Crippen LogP contribution in [0.5, 0.6) is 0 Å². The zero-order valence-corrected chi connectivity index (χ0v) is 28.4. The van der Waals surface area contributed by atoms with Crippen molar-refractivity contribution in [3.05, 3.63) is 107 Å². The second kappa shape index (κ2) is 13.7. The van der Waals surface area contributed by atoms with E-state index < -0.39 is 30.5 Å². The predicted octanol–water partition coefficient (Wildman–Crippen LogP) is 5.53. The number of nitrogens with zero attached hydrogens (tertiary/aromatic N) is 2. The van der Waals surface area contributed by atoms with Crippen molar-refractivity contribution in [1.82, 2.24) is 19.4 Å². The maximum atomic E-state index is 13.3. The van der Waals surface area contributed by atoms with Gasteiger partial charge in [-0.25, -0.2) is 30.7 Å². The van der Waals surface area contributed by atoms with Crippen molar-refractivity contribution in [2.45, 2.75) is 82.9 Å². The summed E-state index contributed by atoms with van der Waals surface area (Å²) in [5.74, 6) is -0.370. The molecule has 0 bridgehead atoms. The number of halogens is 1. The van der Waals surface area contributed by atoms with Gasteiger partial charge in [0.15, 0.2) is 0 Å². The summed E-state index contributed by atoms with van der Waals surface area (Å²) in [6, 6.07) is 15.7. The molecule has 2 N–H and O–H groups in total. The summed E-state index contributed by atoms with van der Waals surface area (Å²) < 4.78 is 67.0. The van der Waals surface area contributed by atoms with Crippen LogP contribution < -0.4 is 9.44 Å². The highest BCUT2D eigenvalue weighted by molar-refractivity contribution is 7.90. The molecular weight excluding hydrogens is 624 g/mol. The van der Waals surface area contributed by atoms with Gasteiger partial charge in [0, 0.05) is 41.8 Å². The molecule has 4 aromatic rings. The summed E-state index contributed by atoms with van der Waals surface area (Å²) in [6.07, 6.45) is 9.34. The third-order valence-electron chi connectivity index (χ3n) is 8.43. The lowest BCUT2D eigenvalue weighted by atomic mass is 10.0. The maximum absolute atomic E-state index is 13.3. The van der Waals surface area contributed by atoms with Gasteiger partial charge in [-0.3, -0.25) is 9.97 Å². The van der Waals surface area contributed by atoms with Crippen molar-refractivity contribution in [3.63, 3.8) is 0 Å². The zero-order valence-electron chi connectivity index (χ0n) is 26.8. The van der Waals surface area contributed by atoms with Gasteiger partial charge in [-0.15, -0.1) is 0 Å². The quantitative estimate of drug-likeness (QED) is 0.256. The summed E-state index contributed by atoms with van der Waals surface area (Å²) in [7, 11) is -6.50. The van der Waals surface area contributed by atoms with E-state index in [0.29, 0.717) is 12.8 Å². The van der Waals surface area contributed by atoms with Crippen LogP contribution in [0.25, 0.3) is 22.3 Å². The minimum absolute atomic E-state index is 0.0386. The summed E-state index contributed by atoms with van der Waals surface area (Å²) in [5.41, 5.74) is 9.66. The number of benzene rings is 2. The fourth-order valence-electron chi connectivity index (χ4n) is 5.78. The van der Waals surface area contributed by atoms with Crippen LogP contribution in [0.2, 0.25) is 0 Å². The molecule has 6 rings (SSSR count). The number of aryl methyl sites for hydroxylation is 1. The van der Waals surface area contributed by atoms with Crippen LogP contribution in [0.15, 0.2) is 73.3 Å². The van der Waals surface area contributed by atoms with E-state index in [9.17, 15) is 21.2 Å². The maximum Gasteiger partial charge on any atom is 0.214 e. The van der Waals surface area contributed by atoms with Crippen LogP contribution in [0, 0.1) is 12.7 Å². The molecule has 2 aromatic carbocycles.